The van der Waals surface area contributed by atoms with Gasteiger partial charge in [-0.3, -0.25) is 43.2 Å². The summed E-state index contributed by atoms with van der Waals surface area (Å²) in [5, 5.41) is 20.4. The maximum absolute atomic E-state index is 13.9. The molecule has 560 valence electrons. The fourth-order valence-electron chi connectivity index (χ4n) is 9.81. The molecule has 0 aliphatic heterocycles. The summed E-state index contributed by atoms with van der Waals surface area (Å²) in [4.78, 5) is 179. The Morgan fingerprint density at radius 3 is 1.30 bits per heavy atom. The van der Waals surface area contributed by atoms with E-state index in [2.05, 4.69) is 52.3 Å². The molecule has 31 nitrogen and oxygen atoms in total. The number of Topliss-reactive ketones (excluding diaryl/α,β-unsaturated/α-hetero) is 5. The van der Waals surface area contributed by atoms with Gasteiger partial charge >= 0.3 is 24.4 Å². The predicted octanol–water partition coefficient (Wildman–Crippen LogP) is 3.62. The minimum Gasteiger partial charge on any atom is -0.446 e. The Bertz CT molecular complexity index is 2800. The molecule has 2 aromatic rings. The van der Waals surface area contributed by atoms with Crippen LogP contribution in [-0.2, 0) is 98.9 Å². The lowest BCUT2D eigenvalue weighted by molar-refractivity contribution is -0.178. The van der Waals surface area contributed by atoms with Crippen LogP contribution in [-0.4, -0.2) is 215 Å². The Kier molecular flexibility index (Phi) is 46.8. The molecule has 0 saturated carbocycles. The van der Waals surface area contributed by atoms with Crippen LogP contribution >= 0.6 is 0 Å². The summed E-state index contributed by atoms with van der Waals surface area (Å²) in [7, 11) is 4.46. The number of ether oxygens (including phenoxy) is 7. The summed E-state index contributed by atoms with van der Waals surface area (Å²) in [5.41, 5.74) is 7.47. The van der Waals surface area contributed by atoms with Crippen molar-refractivity contribution in [3.63, 3.8) is 0 Å². The average Bonchev–Trinajstić information content (AvgIpc) is 0.890. The number of carbonyl (C=O) groups excluding carboxylic acids is 13. The summed E-state index contributed by atoms with van der Waals surface area (Å²) >= 11 is 0. The maximum Gasteiger partial charge on any atom is 0.450 e. The van der Waals surface area contributed by atoms with Crippen molar-refractivity contribution in [2.75, 3.05) is 114 Å². The van der Waals surface area contributed by atoms with Crippen LogP contribution in [0.4, 0.5) is 19.2 Å². The third-order valence-corrected chi connectivity index (χ3v) is 14.9. The normalized spacial score (nSPS) is 12.8. The van der Waals surface area contributed by atoms with Crippen LogP contribution < -0.4 is 48.3 Å². The van der Waals surface area contributed by atoms with E-state index in [0.29, 0.717) is 72.0 Å². The second-order valence-corrected chi connectivity index (χ2v) is 24.5. The Labute approximate surface area is 585 Å². The van der Waals surface area contributed by atoms with E-state index >= 15 is 0 Å². The number of unbranched alkanes of at least 4 members (excludes halogenated alkanes) is 1. The number of hydrogen-bond acceptors (Lipinski definition) is 23. The summed E-state index contributed by atoms with van der Waals surface area (Å²) in [5.74, 6) is -6.13. The van der Waals surface area contributed by atoms with Crippen molar-refractivity contribution in [1.29, 1.82) is 0 Å². The van der Waals surface area contributed by atoms with Gasteiger partial charge in [0, 0.05) is 105 Å². The van der Waals surface area contributed by atoms with Crippen LogP contribution in [0.15, 0.2) is 60.7 Å². The number of methoxy groups -OCH3 is 3. The molecule has 0 aliphatic carbocycles. The van der Waals surface area contributed by atoms with Gasteiger partial charge in [-0.25, -0.2) is 29.0 Å². The van der Waals surface area contributed by atoms with Crippen molar-refractivity contribution in [3.05, 3.63) is 71.8 Å². The highest BCUT2D eigenvalue weighted by Gasteiger charge is 2.32. The molecule has 8 amide bonds. The highest BCUT2D eigenvalue weighted by atomic mass is 17.2. The number of ketones is 5. The van der Waals surface area contributed by atoms with Crippen LogP contribution in [0.1, 0.15) is 122 Å². The van der Waals surface area contributed by atoms with E-state index in [9.17, 15) is 62.3 Å². The number of amides is 8. The zero-order valence-electron chi connectivity index (χ0n) is 59.0. The van der Waals surface area contributed by atoms with Crippen molar-refractivity contribution >= 4 is 76.9 Å². The van der Waals surface area contributed by atoms with Crippen LogP contribution in [0.5, 0.6) is 0 Å². The van der Waals surface area contributed by atoms with Gasteiger partial charge in [-0.1, -0.05) is 88.4 Å². The first-order chi connectivity index (χ1) is 47.9. The first-order valence-corrected chi connectivity index (χ1v) is 33.9. The zero-order valence-corrected chi connectivity index (χ0v) is 59.0. The van der Waals surface area contributed by atoms with Crippen LogP contribution in [0.25, 0.3) is 0 Å². The lowest BCUT2D eigenvalue weighted by Gasteiger charge is -2.23. The first-order valence-electron chi connectivity index (χ1n) is 33.9. The largest absolute Gasteiger partial charge is 0.450 e. The summed E-state index contributed by atoms with van der Waals surface area (Å²) in [6.07, 6.45) is -3.32. The molecule has 0 spiro atoms. The average molecular weight is 1410 g/mol. The molecule has 0 heterocycles. The van der Waals surface area contributed by atoms with E-state index < -0.39 is 116 Å². The summed E-state index contributed by atoms with van der Waals surface area (Å²) in [6, 6.07) is 13.6. The molecule has 100 heavy (non-hydrogen) atoms. The molecule has 0 bridgehead atoms. The van der Waals surface area contributed by atoms with Crippen molar-refractivity contribution < 1.29 is 105 Å². The van der Waals surface area contributed by atoms with Crippen molar-refractivity contribution in [1.82, 2.24) is 42.5 Å². The van der Waals surface area contributed by atoms with Gasteiger partial charge in [0.25, 0.3) is 0 Å². The molecule has 6 atom stereocenters. The molecule has 0 aliphatic rings. The molecule has 0 fully saturated rings. The fourth-order valence-corrected chi connectivity index (χ4v) is 9.81. The van der Waals surface area contributed by atoms with E-state index in [1.807, 2.05) is 27.7 Å². The molecule has 6 unspecified atom stereocenters. The number of rotatable bonds is 55. The van der Waals surface area contributed by atoms with Gasteiger partial charge < -0.3 is 81.4 Å². The molecular weight excluding hydrogens is 1310 g/mol. The lowest BCUT2D eigenvalue weighted by Crippen LogP contribution is -2.50. The van der Waals surface area contributed by atoms with Crippen molar-refractivity contribution in [2.24, 2.45) is 29.4 Å². The number of carbonyl (C=O) groups is 13. The summed E-state index contributed by atoms with van der Waals surface area (Å²) in [6.45, 7) is 8.54. The smallest absolute Gasteiger partial charge is 0.446 e. The van der Waals surface area contributed by atoms with Gasteiger partial charge in [-0.15, -0.1) is 0 Å². The minimum atomic E-state index is -1.31. The minimum absolute atomic E-state index is 0.000733. The number of alkyl carbamates (subject to hydrolysis) is 2. The molecule has 0 aromatic heterocycles. The van der Waals surface area contributed by atoms with Crippen LogP contribution in [0.3, 0.4) is 0 Å². The van der Waals surface area contributed by atoms with Crippen LogP contribution in [0.2, 0.25) is 0 Å². The number of nitrogens with two attached hydrogens (primary N) is 1. The quantitative estimate of drug-likeness (QED) is 0.0259. The second-order valence-electron chi connectivity index (χ2n) is 24.5. The first kappa shape index (κ1) is 87.6. The number of hydrogen-bond donors (Lipinski definition) is 9. The molecule has 31 heteroatoms. The monoisotopic (exact) mass is 1410 g/mol. The van der Waals surface area contributed by atoms with Gasteiger partial charge in [-0.05, 0) is 80.8 Å². The SMILES string of the molecule is COCCOCCCNC(=O)CCC(=O)C(CC(C)C)NC(=O)C(CC(=O)CNC(=O)OCCOC(=O)NC(CCCCNC(=O)OOC(=O)NCC(=O)CC(Cc1ccccc1)C(=O)NC(CC(C)C)C(=O)CCC(=O)NCCCOCCOC)C(=O)C(N)COC)Cc1ccccc1. The zero-order chi connectivity index (χ0) is 73.9. The van der Waals surface area contributed by atoms with Gasteiger partial charge in [0.15, 0.2) is 28.9 Å². The van der Waals surface area contributed by atoms with E-state index in [4.69, 9.17) is 38.9 Å². The highest BCUT2D eigenvalue weighted by Crippen LogP contribution is 2.19. The Balaban J connectivity index is 1.85. The third-order valence-electron chi connectivity index (χ3n) is 14.9. The maximum atomic E-state index is 13.9. The third kappa shape index (κ3) is 42.5. The molecule has 0 saturated heterocycles. The molecular formula is C69H107N9O22. The summed E-state index contributed by atoms with van der Waals surface area (Å²) < 4.78 is 35.9. The molecule has 10 N–H and O–H groups in total. The molecule has 2 aromatic carbocycles. The van der Waals surface area contributed by atoms with E-state index in [1.165, 1.54) is 7.11 Å². The number of nitrogens with one attached hydrogen (secondary N) is 8. The van der Waals surface area contributed by atoms with Crippen LogP contribution in [0, 0.1) is 23.7 Å². The van der Waals surface area contributed by atoms with Crippen molar-refractivity contribution in [3.8, 4) is 0 Å². The van der Waals surface area contributed by atoms with Gasteiger partial charge in [-0.2, -0.15) is 0 Å². The topological polar surface area (TPSA) is 427 Å². The lowest BCUT2D eigenvalue weighted by atomic mass is 9.91. The van der Waals surface area contributed by atoms with E-state index in [1.54, 1.807) is 74.9 Å². The number of benzene rings is 2. The van der Waals surface area contributed by atoms with E-state index in [0.717, 1.165) is 11.1 Å². The predicted molar refractivity (Wildman–Crippen MR) is 364 cm³/mol. The van der Waals surface area contributed by atoms with E-state index in [-0.39, 0.29) is 125 Å². The van der Waals surface area contributed by atoms with Crippen molar-refractivity contribution in [2.45, 2.75) is 148 Å². The Hall–Kier alpha value is -8.49. The Morgan fingerprint density at radius 2 is 0.860 bits per heavy atom. The van der Waals surface area contributed by atoms with Gasteiger partial charge in [0.05, 0.1) is 70.3 Å². The second kappa shape index (κ2) is 53.4. The van der Waals surface area contributed by atoms with Gasteiger partial charge in [0.1, 0.15) is 13.2 Å². The molecule has 2 rings (SSSR count). The highest BCUT2D eigenvalue weighted by molar-refractivity contribution is 5.96. The molecule has 0 radical (unpaired) electrons. The van der Waals surface area contributed by atoms with Gasteiger partial charge in [0.2, 0.25) is 23.6 Å². The fraction of sp³-hybridized carbons (Fsp3) is 0.638. The Morgan fingerprint density at radius 1 is 0.430 bits per heavy atom. The standard InChI is InChI=1S/C69H107N9O22/c1-47(2)38-57(59(81)23-25-61(83)71-28-16-30-95-34-32-92-5)76-64(86)51(40-49-18-10-8-11-19-49)42-53(79)44-74-66(88)97-36-37-98-69(91)78-56(63(85)55(70)46-94-7)22-14-15-27-73-67(89)99-100-68(90)75-45-54(80)43-52(41-50-20-12-9-13-21-50)65(87)77-58(39-48(3)4)60(82)24-26-62(84)72-29-17-31-96-35-33-93-6/h8-13,18-21,47-48,51-52,55-58H,14-17,22-46,70H2,1-7H3,(H,71,83)(H,72,84)(H,73,89)(H,74,88)(H,75,90)(H,76,86)(H,77,87)(H,78,91).